The summed E-state index contributed by atoms with van der Waals surface area (Å²) in [6.45, 7) is 0.205. The summed E-state index contributed by atoms with van der Waals surface area (Å²) in [5.74, 6) is -1.54. The van der Waals surface area contributed by atoms with Gasteiger partial charge in [0, 0.05) is 76.5 Å². The lowest BCUT2D eigenvalue weighted by Gasteiger charge is -2.17. The van der Waals surface area contributed by atoms with Gasteiger partial charge in [-0.15, -0.1) is 23.5 Å². The fourth-order valence-electron chi connectivity index (χ4n) is 3.81. The van der Waals surface area contributed by atoms with Crippen LogP contribution in [0.5, 0.6) is 0 Å². The van der Waals surface area contributed by atoms with Crippen molar-refractivity contribution in [1.29, 1.82) is 0 Å². The van der Waals surface area contributed by atoms with Crippen LogP contribution in [-0.4, -0.2) is 131 Å². The molecule has 2 aliphatic rings. The molecule has 8 amide bonds. The third-order valence-corrected chi connectivity index (χ3v) is 8.32. The Balaban J connectivity index is 1.60. The van der Waals surface area contributed by atoms with E-state index in [1.807, 2.05) is 0 Å². The Morgan fingerprint density at radius 3 is 1.57 bits per heavy atom. The molecule has 2 heterocycles. The van der Waals surface area contributed by atoms with Crippen molar-refractivity contribution < 1.29 is 43.5 Å². The maximum absolute atomic E-state index is 12.4. The second kappa shape index (κ2) is 17.5. The van der Waals surface area contributed by atoms with Crippen molar-refractivity contribution in [3.8, 4) is 0 Å². The molecule has 17 heteroatoms. The van der Waals surface area contributed by atoms with Crippen LogP contribution >= 0.6 is 23.5 Å². The first-order valence-corrected chi connectivity index (χ1v) is 14.7. The van der Waals surface area contributed by atoms with Crippen molar-refractivity contribution in [2.75, 3.05) is 50.8 Å². The molecular weight excluding hydrogens is 568 g/mol. The molecule has 0 aromatic carbocycles. The molecule has 2 atom stereocenters. The van der Waals surface area contributed by atoms with Crippen LogP contribution < -0.4 is 21.3 Å². The summed E-state index contributed by atoms with van der Waals surface area (Å²) >= 11 is 2.52. The number of hydrogen-bond acceptors (Lipinski definition) is 11. The van der Waals surface area contributed by atoms with E-state index >= 15 is 0 Å². The smallest absolute Gasteiger partial charge is 0.242 e. The average Bonchev–Trinajstić information content (AvgIpc) is 3.36. The quantitative estimate of drug-likeness (QED) is 0.0526. The number of likely N-dealkylation sites (tertiary alicyclic amines) is 2. The van der Waals surface area contributed by atoms with Crippen molar-refractivity contribution in [3.05, 3.63) is 0 Å². The largest absolute Gasteiger partial charge is 0.389 e. The van der Waals surface area contributed by atoms with Crippen LogP contribution in [0.1, 0.15) is 25.7 Å². The molecule has 40 heavy (non-hydrogen) atoms. The minimum absolute atomic E-state index is 0.0322. The highest BCUT2D eigenvalue weighted by Crippen LogP contribution is 2.26. The molecule has 2 fully saturated rings. The Kier molecular flexibility index (Phi) is 14.4. The second-order valence-corrected chi connectivity index (χ2v) is 11.4. The van der Waals surface area contributed by atoms with Gasteiger partial charge in [-0.25, -0.2) is 0 Å². The Morgan fingerprint density at radius 2 is 1.20 bits per heavy atom. The normalized spacial score (nSPS) is 19.5. The number of nitrogens with zero attached hydrogens (tertiary/aromatic N) is 2. The van der Waals surface area contributed by atoms with E-state index in [0.717, 1.165) is 9.80 Å². The fraction of sp³-hybridized carbons (Fsp3) is 0.652. The molecule has 0 radical (unpaired) electrons. The molecule has 0 aliphatic carbocycles. The number of carbonyl (C=O) groups excluding carboxylic acids is 8. The fourth-order valence-corrected chi connectivity index (χ4v) is 5.91. The summed E-state index contributed by atoms with van der Waals surface area (Å²) in [4.78, 5) is 95.9. The van der Waals surface area contributed by atoms with E-state index in [0.29, 0.717) is 37.4 Å². The highest BCUT2D eigenvalue weighted by Gasteiger charge is 2.39. The van der Waals surface area contributed by atoms with Gasteiger partial charge in [0.15, 0.2) is 0 Å². The van der Waals surface area contributed by atoms with Gasteiger partial charge >= 0.3 is 0 Å². The number of thioether (sulfide) groups is 2. The van der Waals surface area contributed by atoms with Crippen molar-refractivity contribution in [3.63, 3.8) is 0 Å². The van der Waals surface area contributed by atoms with Crippen LogP contribution in [0.3, 0.4) is 0 Å². The first-order chi connectivity index (χ1) is 19.2. The van der Waals surface area contributed by atoms with Gasteiger partial charge in [-0.2, -0.15) is 0 Å². The summed E-state index contributed by atoms with van der Waals surface area (Å²) in [5, 5.41) is 18.9. The molecule has 0 spiro atoms. The number of nitrogens with one attached hydrogen (secondary N) is 4. The SMILES string of the molecule is O=CNCCSC1CC(=O)N(CCC(=O)NCC(O)CNC(=O)CCN2C(=O)CC(SCCNC=O)C2=O)C1=O. The predicted molar refractivity (Wildman–Crippen MR) is 145 cm³/mol. The van der Waals surface area contributed by atoms with E-state index in [1.165, 1.54) is 23.5 Å². The molecule has 2 rings (SSSR count). The van der Waals surface area contributed by atoms with E-state index in [-0.39, 0.29) is 75.5 Å². The third kappa shape index (κ3) is 10.8. The van der Waals surface area contributed by atoms with Gasteiger partial charge in [0.1, 0.15) is 0 Å². The van der Waals surface area contributed by atoms with Crippen LogP contribution in [-0.2, 0) is 38.4 Å². The lowest BCUT2D eigenvalue weighted by Crippen LogP contribution is -2.42. The van der Waals surface area contributed by atoms with Crippen LogP contribution in [0, 0.1) is 0 Å². The van der Waals surface area contributed by atoms with Crippen molar-refractivity contribution in [2.45, 2.75) is 42.3 Å². The van der Waals surface area contributed by atoms with Crippen LogP contribution in [0.4, 0.5) is 0 Å². The number of rotatable bonds is 20. The van der Waals surface area contributed by atoms with E-state index in [2.05, 4.69) is 21.3 Å². The molecule has 0 bridgehead atoms. The highest BCUT2D eigenvalue weighted by atomic mass is 32.2. The molecule has 2 saturated heterocycles. The zero-order chi connectivity index (χ0) is 29.5. The number of carbonyl (C=O) groups is 8. The van der Waals surface area contributed by atoms with Gasteiger partial charge in [-0.3, -0.25) is 48.2 Å². The van der Waals surface area contributed by atoms with Gasteiger partial charge in [0.25, 0.3) is 0 Å². The standard InChI is InChI=1S/C23H34N6O9S2/c30-13-24-3-7-39-16-9-20(35)28(22(16)37)5-1-18(33)26-11-15(32)12-27-19(34)2-6-29-21(36)10-17(23(29)38)40-8-4-25-14-31/h13-17,32H,1-12H2,(H,24,30)(H,25,31)(H,26,33)(H,27,34). The molecule has 0 aromatic heterocycles. The molecule has 0 aromatic rings. The third-order valence-electron chi connectivity index (χ3n) is 5.90. The van der Waals surface area contributed by atoms with Crippen LogP contribution in [0.2, 0.25) is 0 Å². The Bertz CT molecular complexity index is 895. The summed E-state index contributed by atoms with van der Waals surface area (Å²) in [5.41, 5.74) is 0. The number of aliphatic hydroxyl groups is 1. The Labute approximate surface area is 239 Å². The first kappa shape index (κ1) is 33.0. The van der Waals surface area contributed by atoms with Gasteiger partial charge in [0.2, 0.25) is 48.3 Å². The van der Waals surface area contributed by atoms with Crippen LogP contribution in [0.15, 0.2) is 0 Å². The second-order valence-electron chi connectivity index (χ2n) is 8.80. The summed E-state index contributed by atoms with van der Waals surface area (Å²) in [6.07, 6.45) is -0.241. The van der Waals surface area contributed by atoms with Crippen molar-refractivity contribution >= 4 is 71.8 Å². The minimum Gasteiger partial charge on any atom is -0.389 e. The van der Waals surface area contributed by atoms with Gasteiger partial charge in [-0.1, -0.05) is 0 Å². The van der Waals surface area contributed by atoms with E-state index < -0.39 is 28.4 Å². The monoisotopic (exact) mass is 602 g/mol. The molecule has 2 aliphatic heterocycles. The maximum atomic E-state index is 12.4. The van der Waals surface area contributed by atoms with E-state index in [4.69, 9.17) is 0 Å². The summed E-state index contributed by atoms with van der Waals surface area (Å²) in [7, 11) is 0. The molecule has 2 unspecified atom stereocenters. The highest BCUT2D eigenvalue weighted by molar-refractivity contribution is 8.00. The van der Waals surface area contributed by atoms with Crippen LogP contribution in [0.25, 0.3) is 0 Å². The van der Waals surface area contributed by atoms with Gasteiger partial charge in [0.05, 0.1) is 16.6 Å². The average molecular weight is 603 g/mol. The zero-order valence-electron chi connectivity index (χ0n) is 21.8. The minimum atomic E-state index is -1.11. The Morgan fingerprint density at radius 1 is 0.800 bits per heavy atom. The number of aliphatic hydroxyl groups excluding tert-OH is 1. The number of imide groups is 2. The molecular formula is C23H34N6O9S2. The number of amides is 8. The molecule has 15 nitrogen and oxygen atoms in total. The lowest BCUT2D eigenvalue weighted by atomic mass is 10.3. The van der Waals surface area contributed by atoms with Crippen molar-refractivity contribution in [2.24, 2.45) is 0 Å². The van der Waals surface area contributed by atoms with E-state index in [1.54, 1.807) is 0 Å². The Hall–Kier alpha value is -3.18. The first-order valence-electron chi connectivity index (χ1n) is 12.6. The van der Waals surface area contributed by atoms with Gasteiger partial charge < -0.3 is 26.4 Å². The molecule has 0 saturated carbocycles. The maximum Gasteiger partial charge on any atom is 0.242 e. The molecule has 222 valence electrons. The summed E-state index contributed by atoms with van der Waals surface area (Å²) < 4.78 is 0. The van der Waals surface area contributed by atoms with Gasteiger partial charge in [-0.05, 0) is 0 Å². The topological polar surface area (TPSA) is 211 Å². The zero-order valence-corrected chi connectivity index (χ0v) is 23.4. The predicted octanol–water partition coefficient (Wildman–Crippen LogP) is -3.43. The molecule has 5 N–H and O–H groups in total. The summed E-state index contributed by atoms with van der Waals surface area (Å²) in [6, 6.07) is 0. The lowest BCUT2D eigenvalue weighted by molar-refractivity contribution is -0.140. The van der Waals surface area contributed by atoms with E-state index in [9.17, 15) is 43.5 Å². The number of hydrogen-bond donors (Lipinski definition) is 5. The van der Waals surface area contributed by atoms with Crippen molar-refractivity contribution in [1.82, 2.24) is 31.1 Å².